The normalized spacial score (nSPS) is 12.6. The van der Waals surface area contributed by atoms with E-state index in [-0.39, 0.29) is 38.0 Å². The monoisotopic (exact) mass is 404 g/mol. The topological polar surface area (TPSA) is 78.9 Å². The maximum atomic E-state index is 12.5. The molecule has 8 heteroatoms. The van der Waals surface area contributed by atoms with Gasteiger partial charge < -0.3 is 13.8 Å². The summed E-state index contributed by atoms with van der Waals surface area (Å²) in [5.41, 5.74) is 0.648. The summed E-state index contributed by atoms with van der Waals surface area (Å²) >= 11 is 5.89. The zero-order valence-electron chi connectivity index (χ0n) is 15.4. The van der Waals surface area contributed by atoms with E-state index in [4.69, 9.17) is 25.4 Å². The van der Waals surface area contributed by atoms with Gasteiger partial charge in [0.25, 0.3) is 0 Å². The first-order valence-electron chi connectivity index (χ1n) is 8.68. The number of ketones is 1. The minimum Gasteiger partial charge on any atom is -0.457 e. The molecule has 0 aromatic heterocycles. The Morgan fingerprint density at radius 1 is 1.08 bits per heavy atom. The number of carbonyl (C=O) groups excluding carboxylic acids is 2. The zero-order chi connectivity index (χ0) is 19.6. The molecule has 1 unspecified atom stereocenters. The summed E-state index contributed by atoms with van der Waals surface area (Å²) in [6, 6.07) is 6.72. The Morgan fingerprint density at radius 3 is 2.15 bits per heavy atom. The van der Waals surface area contributed by atoms with E-state index in [1.165, 1.54) is 0 Å². The van der Waals surface area contributed by atoms with Crippen LogP contribution in [0.2, 0.25) is 5.02 Å². The van der Waals surface area contributed by atoms with Crippen LogP contribution in [0.25, 0.3) is 0 Å². The van der Waals surface area contributed by atoms with Gasteiger partial charge in [0.05, 0.1) is 13.2 Å². The summed E-state index contributed by atoms with van der Waals surface area (Å²) in [7, 11) is -3.49. The second-order valence-electron chi connectivity index (χ2n) is 5.63. The van der Waals surface area contributed by atoms with Crippen molar-refractivity contribution in [3.8, 4) is 0 Å². The molecule has 0 N–H and O–H groups in total. The van der Waals surface area contributed by atoms with Crippen LogP contribution in [0.1, 0.15) is 51.7 Å². The molecule has 0 radical (unpaired) electrons. The molecule has 0 saturated heterocycles. The summed E-state index contributed by atoms with van der Waals surface area (Å²) in [5, 5.41) is 0.538. The molecule has 1 atom stereocenters. The molecule has 0 saturated carbocycles. The maximum Gasteiger partial charge on any atom is 0.338 e. The van der Waals surface area contributed by atoms with Gasteiger partial charge in [0, 0.05) is 17.9 Å². The van der Waals surface area contributed by atoms with Crippen molar-refractivity contribution < 1.29 is 27.9 Å². The van der Waals surface area contributed by atoms with Gasteiger partial charge in [0.1, 0.15) is 18.0 Å². The highest BCUT2D eigenvalue weighted by Crippen LogP contribution is 2.48. The number of benzene rings is 1. The maximum absolute atomic E-state index is 12.5. The van der Waals surface area contributed by atoms with Crippen molar-refractivity contribution in [2.45, 2.75) is 46.1 Å². The van der Waals surface area contributed by atoms with Gasteiger partial charge in [-0.25, -0.2) is 0 Å². The van der Waals surface area contributed by atoms with Gasteiger partial charge in [-0.15, -0.1) is 0 Å². The minimum atomic E-state index is -3.49. The Morgan fingerprint density at radius 2 is 1.65 bits per heavy atom. The fourth-order valence-corrected chi connectivity index (χ4v) is 4.07. The number of hydrogen-bond acceptors (Lipinski definition) is 6. The van der Waals surface area contributed by atoms with Gasteiger partial charge in [-0.2, -0.15) is 0 Å². The largest absolute Gasteiger partial charge is 0.457 e. The van der Waals surface area contributed by atoms with Crippen LogP contribution in [0.3, 0.4) is 0 Å². The Kier molecular flexibility index (Phi) is 10.1. The molecule has 1 aromatic rings. The lowest BCUT2D eigenvalue weighted by molar-refractivity contribution is -0.150. The highest BCUT2D eigenvalue weighted by atomic mass is 35.5. The third-order valence-corrected chi connectivity index (χ3v) is 5.70. The number of Topliss-reactive ketones (excluding diaryl/α,β-unsaturated/α-hetero) is 1. The van der Waals surface area contributed by atoms with Crippen LogP contribution >= 0.6 is 19.2 Å². The molecule has 0 aliphatic rings. The molecular weight excluding hydrogens is 379 g/mol. The van der Waals surface area contributed by atoms with E-state index in [2.05, 4.69) is 0 Å². The molecule has 0 amide bonds. The molecule has 1 aromatic carbocycles. The molecule has 146 valence electrons. The molecule has 0 fully saturated rings. The quantitative estimate of drug-likeness (QED) is 0.362. The van der Waals surface area contributed by atoms with E-state index in [1.54, 1.807) is 38.1 Å². The Hall–Kier alpha value is -1.20. The number of carbonyl (C=O) groups is 2. The van der Waals surface area contributed by atoms with Crippen molar-refractivity contribution in [2.24, 2.45) is 0 Å². The SMILES string of the molecule is CCCC(=O)OC(CC(=O)CP(=O)(OCC)OCC)c1ccc(Cl)cc1. The van der Waals surface area contributed by atoms with E-state index in [0.29, 0.717) is 17.0 Å². The molecule has 26 heavy (non-hydrogen) atoms. The molecule has 0 spiro atoms. The fourth-order valence-electron chi connectivity index (χ4n) is 2.34. The molecule has 6 nitrogen and oxygen atoms in total. The van der Waals surface area contributed by atoms with Crippen LogP contribution in [-0.2, 0) is 27.9 Å². The van der Waals surface area contributed by atoms with Crippen LogP contribution in [0, 0.1) is 0 Å². The molecule has 0 heterocycles. The minimum absolute atomic E-state index is 0.110. The number of rotatable bonds is 12. The molecule has 1 rings (SSSR count). The van der Waals surface area contributed by atoms with E-state index >= 15 is 0 Å². The highest BCUT2D eigenvalue weighted by Gasteiger charge is 2.30. The van der Waals surface area contributed by atoms with E-state index in [1.807, 2.05) is 6.92 Å². The predicted molar refractivity (Wildman–Crippen MR) is 101 cm³/mol. The number of esters is 1. The summed E-state index contributed by atoms with van der Waals surface area (Å²) in [6.07, 6.45) is -0.334. The zero-order valence-corrected chi connectivity index (χ0v) is 17.1. The van der Waals surface area contributed by atoms with Gasteiger partial charge >= 0.3 is 13.6 Å². The third kappa shape index (κ3) is 8.00. The number of ether oxygens (including phenoxy) is 1. The van der Waals surface area contributed by atoms with Gasteiger partial charge in [-0.3, -0.25) is 14.2 Å². The van der Waals surface area contributed by atoms with Crippen molar-refractivity contribution in [3.05, 3.63) is 34.9 Å². The molecule has 0 bridgehead atoms. The highest BCUT2D eigenvalue weighted by molar-refractivity contribution is 7.54. The van der Waals surface area contributed by atoms with Crippen molar-refractivity contribution in [1.29, 1.82) is 0 Å². The average molecular weight is 405 g/mol. The smallest absolute Gasteiger partial charge is 0.338 e. The van der Waals surface area contributed by atoms with Gasteiger partial charge in [-0.05, 0) is 38.0 Å². The van der Waals surface area contributed by atoms with E-state index in [9.17, 15) is 14.2 Å². The van der Waals surface area contributed by atoms with E-state index in [0.717, 1.165) is 0 Å². The first-order chi connectivity index (χ1) is 12.3. The first-order valence-corrected chi connectivity index (χ1v) is 10.8. The molecule has 0 aliphatic carbocycles. The Bertz CT molecular complexity index is 621. The second-order valence-corrected chi connectivity index (χ2v) is 8.12. The lowest BCUT2D eigenvalue weighted by Crippen LogP contribution is -2.18. The number of hydrogen-bond donors (Lipinski definition) is 0. The first kappa shape index (κ1) is 22.8. The van der Waals surface area contributed by atoms with Crippen molar-refractivity contribution in [3.63, 3.8) is 0 Å². The van der Waals surface area contributed by atoms with Crippen molar-refractivity contribution in [1.82, 2.24) is 0 Å². The lowest BCUT2D eigenvalue weighted by Gasteiger charge is -2.20. The molecular formula is C18H26ClO6P. The van der Waals surface area contributed by atoms with Crippen molar-refractivity contribution >= 4 is 30.9 Å². The summed E-state index contributed by atoms with van der Waals surface area (Å²) < 4.78 is 28.3. The average Bonchev–Trinajstić information content (AvgIpc) is 2.55. The predicted octanol–water partition coefficient (Wildman–Crippen LogP) is 4.95. The molecule has 0 aliphatic heterocycles. The summed E-state index contributed by atoms with van der Waals surface area (Å²) in [5.74, 6) is -0.752. The Balaban J connectivity index is 2.89. The summed E-state index contributed by atoms with van der Waals surface area (Å²) in [4.78, 5) is 24.4. The van der Waals surface area contributed by atoms with Gasteiger partial charge in [0.2, 0.25) is 0 Å². The third-order valence-electron chi connectivity index (χ3n) is 3.40. The Labute approximate surface area is 159 Å². The van der Waals surface area contributed by atoms with Crippen LogP contribution in [0.4, 0.5) is 0 Å². The van der Waals surface area contributed by atoms with Gasteiger partial charge in [0.15, 0.2) is 0 Å². The van der Waals surface area contributed by atoms with E-state index < -0.39 is 19.7 Å². The second kappa shape index (κ2) is 11.5. The van der Waals surface area contributed by atoms with Crippen LogP contribution in [0.15, 0.2) is 24.3 Å². The summed E-state index contributed by atoms with van der Waals surface area (Å²) in [6.45, 7) is 5.58. The van der Waals surface area contributed by atoms with Gasteiger partial charge in [-0.1, -0.05) is 30.7 Å². The van der Waals surface area contributed by atoms with Crippen LogP contribution < -0.4 is 0 Å². The fraction of sp³-hybridized carbons (Fsp3) is 0.556. The number of halogens is 1. The van der Waals surface area contributed by atoms with Crippen LogP contribution in [-0.4, -0.2) is 31.1 Å². The standard InChI is InChI=1S/C18H26ClO6P/c1-4-7-18(21)25-17(14-8-10-15(19)11-9-14)12-16(20)13-26(22,23-5-2)24-6-3/h8-11,17H,4-7,12-13H2,1-3H3. The van der Waals surface area contributed by atoms with Crippen molar-refractivity contribution in [2.75, 3.05) is 19.4 Å². The lowest BCUT2D eigenvalue weighted by atomic mass is 10.0. The van der Waals surface area contributed by atoms with Crippen LogP contribution in [0.5, 0.6) is 0 Å².